The maximum Gasteiger partial charge on any atom is 0.163 e. The second-order valence-electron chi connectivity index (χ2n) is 3.52. The molecule has 88 valence electrons. The number of carbonyl (C=O) groups excluding carboxylic acids is 1. The Labute approximate surface area is 97.0 Å². The molecule has 0 N–H and O–H groups in total. The molecule has 17 heavy (non-hydrogen) atoms. The number of Topliss-reactive ketones (excluding diaryl/α,β-unsaturated/α-hetero) is 1. The fraction of sp³-hybridized carbons (Fsp3) is 0.167. The van der Waals surface area contributed by atoms with Crippen LogP contribution in [0.5, 0.6) is 5.75 Å². The van der Waals surface area contributed by atoms with E-state index in [1.807, 2.05) is 0 Å². The summed E-state index contributed by atoms with van der Waals surface area (Å²) in [5, 5.41) is 3.51. The summed E-state index contributed by atoms with van der Waals surface area (Å²) >= 11 is 0. The van der Waals surface area contributed by atoms with E-state index in [1.165, 1.54) is 37.6 Å². The summed E-state index contributed by atoms with van der Waals surface area (Å²) in [6.45, 7) is 1.58. The third-order valence-corrected chi connectivity index (χ3v) is 2.20. The Morgan fingerprint density at radius 3 is 3.00 bits per heavy atom. The average molecular weight is 235 g/mol. The predicted molar refractivity (Wildman–Crippen MR) is 57.2 cm³/mol. The second-order valence-corrected chi connectivity index (χ2v) is 3.52. The van der Waals surface area contributed by atoms with Crippen LogP contribution in [0.3, 0.4) is 0 Å². The van der Waals surface area contributed by atoms with Crippen LogP contribution in [0.4, 0.5) is 4.39 Å². The van der Waals surface area contributed by atoms with Crippen molar-refractivity contribution in [2.24, 2.45) is 0 Å². The molecule has 0 aliphatic carbocycles. The van der Waals surface area contributed by atoms with Crippen molar-refractivity contribution in [1.29, 1.82) is 0 Å². The summed E-state index contributed by atoms with van der Waals surface area (Å²) in [5.41, 5.74) is 1.06. The zero-order chi connectivity index (χ0) is 12.3. The lowest BCUT2D eigenvalue weighted by Crippen LogP contribution is -2.01. The number of ether oxygens (including phenoxy) is 1. The molecule has 1 heterocycles. The standard InChI is InChI=1S/C12H10FNO3/c1-8(15)11-3-2-10(13)4-12(11)16-6-9-5-14-17-7-9/h2-5,7H,6H2,1H3. The van der Waals surface area contributed by atoms with Crippen LogP contribution in [0.15, 0.2) is 35.2 Å². The maximum absolute atomic E-state index is 13.1. The largest absolute Gasteiger partial charge is 0.488 e. The molecule has 0 saturated carbocycles. The molecule has 0 bridgehead atoms. The van der Waals surface area contributed by atoms with Gasteiger partial charge in [-0.05, 0) is 19.1 Å². The van der Waals surface area contributed by atoms with Gasteiger partial charge in [-0.3, -0.25) is 4.79 Å². The third kappa shape index (κ3) is 2.69. The number of nitrogens with zero attached hydrogens (tertiary/aromatic N) is 1. The van der Waals surface area contributed by atoms with E-state index in [9.17, 15) is 9.18 Å². The van der Waals surface area contributed by atoms with E-state index >= 15 is 0 Å². The molecule has 2 aromatic rings. The van der Waals surface area contributed by atoms with Crippen LogP contribution in [-0.4, -0.2) is 10.9 Å². The van der Waals surface area contributed by atoms with E-state index in [1.54, 1.807) is 0 Å². The Kier molecular flexibility index (Phi) is 3.18. The van der Waals surface area contributed by atoms with E-state index in [4.69, 9.17) is 4.74 Å². The summed E-state index contributed by atoms with van der Waals surface area (Å²) in [7, 11) is 0. The SMILES string of the molecule is CC(=O)c1ccc(F)cc1OCc1cnoc1. The number of aromatic nitrogens is 1. The van der Waals surface area contributed by atoms with E-state index in [0.29, 0.717) is 11.1 Å². The minimum Gasteiger partial charge on any atom is -0.488 e. The lowest BCUT2D eigenvalue weighted by molar-refractivity contribution is 0.101. The fourth-order valence-electron chi connectivity index (χ4n) is 1.37. The highest BCUT2D eigenvalue weighted by Gasteiger charge is 2.10. The van der Waals surface area contributed by atoms with E-state index in [0.717, 1.165) is 0 Å². The van der Waals surface area contributed by atoms with Crippen LogP contribution < -0.4 is 4.74 Å². The quantitative estimate of drug-likeness (QED) is 0.764. The van der Waals surface area contributed by atoms with Gasteiger partial charge in [-0.25, -0.2) is 4.39 Å². The summed E-state index contributed by atoms with van der Waals surface area (Å²) < 4.78 is 23.1. The van der Waals surface area contributed by atoms with Crippen LogP contribution in [0.1, 0.15) is 22.8 Å². The van der Waals surface area contributed by atoms with Crippen LogP contribution in [-0.2, 0) is 6.61 Å². The van der Waals surface area contributed by atoms with Crippen molar-refractivity contribution < 1.29 is 18.4 Å². The van der Waals surface area contributed by atoms with Crippen LogP contribution >= 0.6 is 0 Å². The summed E-state index contributed by atoms with van der Waals surface area (Å²) in [6, 6.07) is 3.81. The molecule has 4 nitrogen and oxygen atoms in total. The summed E-state index contributed by atoms with van der Waals surface area (Å²) in [5.74, 6) is -0.403. The van der Waals surface area contributed by atoms with Gasteiger partial charge in [0.05, 0.1) is 11.8 Å². The summed E-state index contributed by atoms with van der Waals surface area (Å²) in [4.78, 5) is 11.3. The van der Waals surface area contributed by atoms with Crippen LogP contribution in [0.25, 0.3) is 0 Å². The molecule has 0 atom stereocenters. The molecule has 0 aliphatic heterocycles. The first-order valence-electron chi connectivity index (χ1n) is 4.98. The Morgan fingerprint density at radius 2 is 2.35 bits per heavy atom. The molecule has 0 fully saturated rings. The number of benzene rings is 1. The Hall–Kier alpha value is -2.17. The molecule has 0 radical (unpaired) electrons. The minimum atomic E-state index is -0.449. The first kappa shape index (κ1) is 11.3. The number of rotatable bonds is 4. The van der Waals surface area contributed by atoms with Gasteiger partial charge in [0.2, 0.25) is 0 Å². The molecule has 0 aliphatic rings. The first-order valence-corrected chi connectivity index (χ1v) is 4.98. The second kappa shape index (κ2) is 4.78. The Bertz CT molecular complexity index is 523. The number of hydrogen-bond acceptors (Lipinski definition) is 4. The zero-order valence-electron chi connectivity index (χ0n) is 9.14. The lowest BCUT2D eigenvalue weighted by Gasteiger charge is -2.08. The van der Waals surface area contributed by atoms with Crippen molar-refractivity contribution in [3.8, 4) is 5.75 Å². The average Bonchev–Trinajstić information content (AvgIpc) is 2.78. The molecule has 0 amide bonds. The zero-order valence-corrected chi connectivity index (χ0v) is 9.14. The number of ketones is 1. The van der Waals surface area contributed by atoms with Gasteiger partial charge in [0, 0.05) is 11.6 Å². The topological polar surface area (TPSA) is 52.3 Å². The third-order valence-electron chi connectivity index (χ3n) is 2.20. The molecular formula is C12H10FNO3. The molecule has 0 saturated heterocycles. The molecule has 5 heteroatoms. The van der Waals surface area contributed by atoms with E-state index in [-0.39, 0.29) is 18.1 Å². The van der Waals surface area contributed by atoms with Gasteiger partial charge in [-0.1, -0.05) is 5.16 Å². The van der Waals surface area contributed by atoms with Gasteiger partial charge in [-0.2, -0.15) is 0 Å². The molecular weight excluding hydrogens is 225 g/mol. The molecule has 0 spiro atoms. The maximum atomic E-state index is 13.1. The number of carbonyl (C=O) groups is 1. The highest BCUT2D eigenvalue weighted by atomic mass is 19.1. The van der Waals surface area contributed by atoms with Crippen molar-refractivity contribution in [2.45, 2.75) is 13.5 Å². The van der Waals surface area contributed by atoms with Crippen molar-refractivity contribution in [3.63, 3.8) is 0 Å². The van der Waals surface area contributed by atoms with Crippen molar-refractivity contribution in [2.75, 3.05) is 0 Å². The molecule has 1 aromatic carbocycles. The van der Waals surface area contributed by atoms with Gasteiger partial charge >= 0.3 is 0 Å². The van der Waals surface area contributed by atoms with Crippen molar-refractivity contribution in [3.05, 3.63) is 47.6 Å². The van der Waals surface area contributed by atoms with E-state index in [2.05, 4.69) is 9.68 Å². The summed E-state index contributed by atoms with van der Waals surface area (Å²) in [6.07, 6.45) is 2.92. The Morgan fingerprint density at radius 1 is 1.53 bits per heavy atom. The van der Waals surface area contributed by atoms with Gasteiger partial charge < -0.3 is 9.26 Å². The smallest absolute Gasteiger partial charge is 0.163 e. The molecule has 0 unspecified atom stereocenters. The molecule has 1 aromatic heterocycles. The van der Waals surface area contributed by atoms with Gasteiger partial charge in [0.25, 0.3) is 0 Å². The fourth-order valence-corrected chi connectivity index (χ4v) is 1.37. The minimum absolute atomic E-state index is 0.174. The predicted octanol–water partition coefficient (Wildman–Crippen LogP) is 2.60. The Balaban J connectivity index is 2.19. The lowest BCUT2D eigenvalue weighted by atomic mass is 10.1. The normalized spacial score (nSPS) is 10.2. The van der Waals surface area contributed by atoms with Gasteiger partial charge in [-0.15, -0.1) is 0 Å². The van der Waals surface area contributed by atoms with Crippen molar-refractivity contribution in [1.82, 2.24) is 5.16 Å². The highest BCUT2D eigenvalue weighted by molar-refractivity contribution is 5.96. The number of hydrogen-bond donors (Lipinski definition) is 0. The van der Waals surface area contributed by atoms with E-state index < -0.39 is 5.82 Å². The van der Waals surface area contributed by atoms with Gasteiger partial charge in [0.1, 0.15) is 24.4 Å². The highest BCUT2D eigenvalue weighted by Crippen LogP contribution is 2.21. The number of halogens is 1. The van der Waals surface area contributed by atoms with Crippen molar-refractivity contribution >= 4 is 5.78 Å². The monoisotopic (exact) mass is 235 g/mol. The first-order chi connectivity index (χ1) is 8.16. The van der Waals surface area contributed by atoms with Gasteiger partial charge in [0.15, 0.2) is 5.78 Å². The van der Waals surface area contributed by atoms with Crippen LogP contribution in [0, 0.1) is 5.82 Å². The van der Waals surface area contributed by atoms with Crippen LogP contribution in [0.2, 0.25) is 0 Å². The molecule has 2 rings (SSSR count).